The molecule has 0 spiro atoms. The van der Waals surface area contributed by atoms with Crippen LogP contribution in [-0.4, -0.2) is 0 Å². The number of rotatable bonds is 4. The molecule has 0 heterocycles. The molecule has 0 aliphatic heterocycles. The first-order valence-electron chi connectivity index (χ1n) is 7.38. The second kappa shape index (κ2) is 5.47. The van der Waals surface area contributed by atoms with Gasteiger partial charge < -0.3 is 0 Å². The Morgan fingerprint density at radius 2 is 0.722 bits per heavy atom. The molecule has 0 nitrogen and oxygen atoms in total. The Labute approximate surface area is 114 Å². The molecule has 0 atom stereocenters. The lowest BCUT2D eigenvalue weighted by molar-refractivity contribution is 0.669. The largest absolute Gasteiger partial charge is 0.0912 e. The molecule has 102 valence electrons. The van der Waals surface area contributed by atoms with Gasteiger partial charge in [-0.2, -0.15) is 0 Å². The SMILES string of the molecule is C=C1C(C(C)C)=C(C(C)C)C(C(C)C)=C1C(C)C. The topological polar surface area (TPSA) is 0 Å². The van der Waals surface area contributed by atoms with E-state index in [0.29, 0.717) is 23.7 Å². The minimum atomic E-state index is 0.569. The van der Waals surface area contributed by atoms with E-state index >= 15 is 0 Å². The van der Waals surface area contributed by atoms with Crippen molar-refractivity contribution in [3.8, 4) is 0 Å². The molecule has 1 aliphatic rings. The van der Waals surface area contributed by atoms with Gasteiger partial charge in [-0.25, -0.2) is 0 Å². The van der Waals surface area contributed by atoms with E-state index in [-0.39, 0.29) is 0 Å². The summed E-state index contributed by atoms with van der Waals surface area (Å²) in [6, 6.07) is 0. The van der Waals surface area contributed by atoms with Crippen LogP contribution < -0.4 is 0 Å². The van der Waals surface area contributed by atoms with Gasteiger partial charge in [0.2, 0.25) is 0 Å². The Bertz CT molecular complexity index is 360. The van der Waals surface area contributed by atoms with E-state index in [2.05, 4.69) is 62.0 Å². The van der Waals surface area contributed by atoms with Crippen molar-refractivity contribution in [1.82, 2.24) is 0 Å². The highest BCUT2D eigenvalue weighted by Gasteiger charge is 2.32. The van der Waals surface area contributed by atoms with E-state index < -0.39 is 0 Å². The van der Waals surface area contributed by atoms with Gasteiger partial charge in [-0.1, -0.05) is 62.0 Å². The first-order valence-corrected chi connectivity index (χ1v) is 7.38. The van der Waals surface area contributed by atoms with Crippen molar-refractivity contribution < 1.29 is 0 Å². The van der Waals surface area contributed by atoms with E-state index in [1.165, 1.54) is 16.7 Å². The third-order valence-electron chi connectivity index (χ3n) is 3.83. The second-order valence-electron chi connectivity index (χ2n) is 6.75. The second-order valence-corrected chi connectivity index (χ2v) is 6.75. The predicted molar refractivity (Wildman–Crippen MR) is 82.5 cm³/mol. The van der Waals surface area contributed by atoms with E-state index in [1.807, 2.05) is 0 Å². The highest BCUT2D eigenvalue weighted by atomic mass is 14.4. The summed E-state index contributed by atoms with van der Waals surface area (Å²) in [4.78, 5) is 0. The lowest BCUT2D eigenvalue weighted by atomic mass is 9.84. The van der Waals surface area contributed by atoms with Gasteiger partial charge in [-0.15, -0.1) is 0 Å². The molecule has 1 aliphatic carbocycles. The molecule has 0 saturated heterocycles. The monoisotopic (exact) mass is 246 g/mol. The maximum Gasteiger partial charge on any atom is -0.0210 e. The molecule has 0 heteroatoms. The summed E-state index contributed by atoms with van der Waals surface area (Å²) in [7, 11) is 0. The molecule has 1 rings (SSSR count). The van der Waals surface area contributed by atoms with E-state index in [9.17, 15) is 0 Å². The van der Waals surface area contributed by atoms with Crippen molar-refractivity contribution in [1.29, 1.82) is 0 Å². The number of hydrogen-bond acceptors (Lipinski definition) is 0. The first kappa shape index (κ1) is 15.3. The van der Waals surface area contributed by atoms with Crippen LogP contribution in [0.15, 0.2) is 34.4 Å². The van der Waals surface area contributed by atoms with Crippen molar-refractivity contribution >= 4 is 0 Å². The van der Waals surface area contributed by atoms with Crippen LogP contribution in [0.1, 0.15) is 55.4 Å². The van der Waals surface area contributed by atoms with Crippen LogP contribution in [0.4, 0.5) is 0 Å². The molecular formula is C18H30. The van der Waals surface area contributed by atoms with Crippen LogP contribution >= 0.6 is 0 Å². The molecule has 0 aromatic heterocycles. The van der Waals surface area contributed by atoms with Gasteiger partial charge in [-0.3, -0.25) is 0 Å². The van der Waals surface area contributed by atoms with Gasteiger partial charge in [0.05, 0.1) is 0 Å². The Hall–Kier alpha value is -0.780. The molecule has 0 bridgehead atoms. The lowest BCUT2D eigenvalue weighted by Gasteiger charge is -2.20. The maximum atomic E-state index is 4.41. The van der Waals surface area contributed by atoms with Crippen molar-refractivity contribution in [2.45, 2.75) is 55.4 Å². The highest BCUT2D eigenvalue weighted by molar-refractivity contribution is 5.65. The van der Waals surface area contributed by atoms with Crippen LogP contribution in [0.5, 0.6) is 0 Å². The maximum absolute atomic E-state index is 4.41. The van der Waals surface area contributed by atoms with Gasteiger partial charge in [0.1, 0.15) is 0 Å². The van der Waals surface area contributed by atoms with Crippen molar-refractivity contribution in [3.63, 3.8) is 0 Å². The molecule has 0 fully saturated rings. The molecule has 0 amide bonds. The molecule has 0 saturated carbocycles. The minimum Gasteiger partial charge on any atom is -0.0912 e. The normalized spacial score (nSPS) is 17.4. The van der Waals surface area contributed by atoms with Crippen molar-refractivity contribution in [2.24, 2.45) is 23.7 Å². The molecule has 0 N–H and O–H groups in total. The average Bonchev–Trinajstić information content (AvgIpc) is 2.51. The number of allylic oxidation sites excluding steroid dienone is 5. The number of hydrogen-bond donors (Lipinski definition) is 0. The lowest BCUT2D eigenvalue weighted by Crippen LogP contribution is -2.07. The highest BCUT2D eigenvalue weighted by Crippen LogP contribution is 2.47. The van der Waals surface area contributed by atoms with Gasteiger partial charge in [0, 0.05) is 0 Å². The zero-order valence-corrected chi connectivity index (χ0v) is 13.5. The van der Waals surface area contributed by atoms with E-state index in [1.54, 1.807) is 11.1 Å². The molecule has 0 aromatic carbocycles. The molecule has 18 heavy (non-hydrogen) atoms. The van der Waals surface area contributed by atoms with Crippen LogP contribution in [0.25, 0.3) is 0 Å². The minimum absolute atomic E-state index is 0.569. The summed E-state index contributed by atoms with van der Waals surface area (Å²) in [5.41, 5.74) is 7.49. The van der Waals surface area contributed by atoms with Gasteiger partial charge >= 0.3 is 0 Å². The van der Waals surface area contributed by atoms with Crippen molar-refractivity contribution in [2.75, 3.05) is 0 Å². The molecule has 0 unspecified atom stereocenters. The van der Waals surface area contributed by atoms with Gasteiger partial charge in [0.15, 0.2) is 0 Å². The zero-order valence-electron chi connectivity index (χ0n) is 13.5. The first-order chi connectivity index (χ1) is 8.20. The summed E-state index contributed by atoms with van der Waals surface area (Å²) in [5.74, 6) is 2.32. The van der Waals surface area contributed by atoms with E-state index in [0.717, 1.165) is 0 Å². The summed E-state index contributed by atoms with van der Waals surface area (Å²) in [6.07, 6.45) is 0. The summed E-state index contributed by atoms with van der Waals surface area (Å²) in [6.45, 7) is 22.9. The average molecular weight is 246 g/mol. The van der Waals surface area contributed by atoms with Crippen LogP contribution in [0, 0.1) is 23.7 Å². The summed E-state index contributed by atoms with van der Waals surface area (Å²) in [5, 5.41) is 0. The summed E-state index contributed by atoms with van der Waals surface area (Å²) < 4.78 is 0. The van der Waals surface area contributed by atoms with Gasteiger partial charge in [0.25, 0.3) is 0 Å². The molecular weight excluding hydrogens is 216 g/mol. The predicted octanol–water partition coefficient (Wildman–Crippen LogP) is 5.77. The summed E-state index contributed by atoms with van der Waals surface area (Å²) >= 11 is 0. The van der Waals surface area contributed by atoms with Crippen LogP contribution in [-0.2, 0) is 0 Å². The molecule has 0 radical (unpaired) electrons. The van der Waals surface area contributed by atoms with E-state index in [4.69, 9.17) is 0 Å². The zero-order chi connectivity index (χ0) is 14.2. The standard InChI is InChI=1S/C18H30/c1-10(2)15-14(9)16(11(3)4)18(13(7)8)17(15)12(5)6/h10-13H,9H2,1-8H3. The fourth-order valence-corrected chi connectivity index (χ4v) is 3.32. The molecule has 0 aromatic rings. The fourth-order valence-electron chi connectivity index (χ4n) is 3.32. The Morgan fingerprint density at radius 1 is 0.500 bits per heavy atom. The smallest absolute Gasteiger partial charge is 0.0210 e. The Morgan fingerprint density at radius 3 is 0.889 bits per heavy atom. The third-order valence-corrected chi connectivity index (χ3v) is 3.83. The third kappa shape index (κ3) is 2.48. The Balaban J connectivity index is 3.52. The Kier molecular flexibility index (Phi) is 4.64. The van der Waals surface area contributed by atoms with Crippen LogP contribution in [0.2, 0.25) is 0 Å². The van der Waals surface area contributed by atoms with Crippen LogP contribution in [0.3, 0.4) is 0 Å². The fraction of sp³-hybridized carbons (Fsp3) is 0.667. The van der Waals surface area contributed by atoms with Crippen molar-refractivity contribution in [3.05, 3.63) is 34.4 Å². The quantitative estimate of drug-likeness (QED) is 0.590. The van der Waals surface area contributed by atoms with Gasteiger partial charge in [-0.05, 0) is 51.5 Å².